The number of rotatable bonds is 1. The molecule has 1 aromatic rings. The first-order chi connectivity index (χ1) is 9.99. The number of aromatic hydroxyl groups is 1. The fourth-order valence-corrected chi connectivity index (χ4v) is 2.43. The predicted octanol–water partition coefficient (Wildman–Crippen LogP) is 3.61. The number of benzene rings is 1. The molecule has 1 aliphatic heterocycles. The summed E-state index contributed by atoms with van der Waals surface area (Å²) in [6, 6.07) is 6.75. The molecular weight excluding hydrogens is 276 g/mol. The Bertz CT molecular complexity index is 658. The SMILES string of the molecule is CC(C)(C)N=C1C=C(c2cccc(O)c2)C(=O)N1C(C)(C)C. The van der Waals surface area contributed by atoms with Gasteiger partial charge in [-0.25, -0.2) is 0 Å². The van der Waals surface area contributed by atoms with Crippen LogP contribution in [0.5, 0.6) is 5.75 Å². The molecule has 1 N–H and O–H groups in total. The second-order valence-corrected chi connectivity index (χ2v) is 7.56. The van der Waals surface area contributed by atoms with Gasteiger partial charge in [0.15, 0.2) is 0 Å². The van der Waals surface area contributed by atoms with Crippen molar-refractivity contribution in [3.8, 4) is 5.75 Å². The van der Waals surface area contributed by atoms with Gasteiger partial charge in [0.05, 0.1) is 11.1 Å². The third kappa shape index (κ3) is 3.38. The van der Waals surface area contributed by atoms with E-state index in [4.69, 9.17) is 0 Å². The van der Waals surface area contributed by atoms with Gasteiger partial charge in [-0.15, -0.1) is 0 Å². The molecule has 0 aliphatic carbocycles. The van der Waals surface area contributed by atoms with Crippen molar-refractivity contribution in [3.05, 3.63) is 35.9 Å². The molecule has 1 amide bonds. The number of phenolic OH excluding ortho intramolecular Hbond substituents is 1. The number of amidine groups is 1. The Morgan fingerprint density at radius 2 is 1.73 bits per heavy atom. The molecule has 118 valence electrons. The van der Waals surface area contributed by atoms with Gasteiger partial charge in [0.1, 0.15) is 11.6 Å². The monoisotopic (exact) mass is 300 g/mol. The zero-order valence-electron chi connectivity index (χ0n) is 14.1. The first-order valence-electron chi connectivity index (χ1n) is 7.44. The van der Waals surface area contributed by atoms with E-state index in [0.29, 0.717) is 17.0 Å². The van der Waals surface area contributed by atoms with Crippen LogP contribution in [0.2, 0.25) is 0 Å². The summed E-state index contributed by atoms with van der Waals surface area (Å²) in [6.07, 6.45) is 1.81. The Labute approximate surface area is 132 Å². The number of nitrogens with zero attached hydrogens (tertiary/aromatic N) is 2. The van der Waals surface area contributed by atoms with Crippen LogP contribution in [0, 0.1) is 0 Å². The zero-order chi connectivity index (χ0) is 16.7. The summed E-state index contributed by atoms with van der Waals surface area (Å²) in [7, 11) is 0. The van der Waals surface area contributed by atoms with E-state index in [1.54, 1.807) is 23.1 Å². The van der Waals surface area contributed by atoms with Crippen molar-refractivity contribution >= 4 is 17.3 Å². The third-order valence-corrected chi connectivity index (χ3v) is 3.21. The van der Waals surface area contributed by atoms with Gasteiger partial charge in [0, 0.05) is 5.54 Å². The largest absolute Gasteiger partial charge is 0.508 e. The number of carbonyl (C=O) groups is 1. The molecule has 0 saturated carbocycles. The van der Waals surface area contributed by atoms with Gasteiger partial charge >= 0.3 is 0 Å². The number of amides is 1. The van der Waals surface area contributed by atoms with Crippen LogP contribution in [0.1, 0.15) is 47.1 Å². The lowest BCUT2D eigenvalue weighted by atomic mass is 10.0. The Balaban J connectivity index is 2.55. The zero-order valence-corrected chi connectivity index (χ0v) is 14.1. The summed E-state index contributed by atoms with van der Waals surface area (Å²) in [6.45, 7) is 12.0. The Kier molecular flexibility index (Phi) is 3.90. The first kappa shape index (κ1) is 16.3. The predicted molar refractivity (Wildman–Crippen MR) is 89.9 cm³/mol. The summed E-state index contributed by atoms with van der Waals surface area (Å²) < 4.78 is 0. The number of hydrogen-bond acceptors (Lipinski definition) is 3. The minimum Gasteiger partial charge on any atom is -0.508 e. The van der Waals surface area contributed by atoms with Gasteiger partial charge in [0.25, 0.3) is 5.91 Å². The van der Waals surface area contributed by atoms with E-state index in [9.17, 15) is 9.90 Å². The molecule has 0 atom stereocenters. The van der Waals surface area contributed by atoms with Crippen LogP contribution in [0.4, 0.5) is 0 Å². The van der Waals surface area contributed by atoms with E-state index in [2.05, 4.69) is 4.99 Å². The summed E-state index contributed by atoms with van der Waals surface area (Å²) >= 11 is 0. The average molecular weight is 300 g/mol. The van der Waals surface area contributed by atoms with E-state index in [1.165, 1.54) is 0 Å². The maximum Gasteiger partial charge on any atom is 0.260 e. The minimum absolute atomic E-state index is 0.0823. The van der Waals surface area contributed by atoms with Gasteiger partial charge in [-0.3, -0.25) is 14.7 Å². The fraction of sp³-hybridized carbons (Fsp3) is 0.444. The van der Waals surface area contributed by atoms with Crippen LogP contribution < -0.4 is 0 Å². The molecule has 1 aromatic carbocycles. The highest BCUT2D eigenvalue weighted by Gasteiger charge is 2.38. The summed E-state index contributed by atoms with van der Waals surface area (Å²) in [5, 5.41) is 9.66. The quantitative estimate of drug-likeness (QED) is 0.861. The molecule has 0 spiro atoms. The molecule has 0 fully saturated rings. The van der Waals surface area contributed by atoms with Crippen molar-refractivity contribution in [3.63, 3.8) is 0 Å². The summed E-state index contributed by atoms with van der Waals surface area (Å²) in [4.78, 5) is 19.3. The minimum atomic E-state index is -0.365. The number of carbonyl (C=O) groups excluding carboxylic acids is 1. The second kappa shape index (κ2) is 5.27. The van der Waals surface area contributed by atoms with Gasteiger partial charge in [-0.05, 0) is 65.3 Å². The molecule has 0 unspecified atom stereocenters. The smallest absolute Gasteiger partial charge is 0.260 e. The summed E-state index contributed by atoms with van der Waals surface area (Å²) in [5.41, 5.74) is 0.632. The topological polar surface area (TPSA) is 52.9 Å². The van der Waals surface area contributed by atoms with Crippen LogP contribution in [0.25, 0.3) is 5.57 Å². The van der Waals surface area contributed by atoms with E-state index in [1.807, 2.05) is 53.7 Å². The van der Waals surface area contributed by atoms with Gasteiger partial charge < -0.3 is 5.11 Å². The number of hydrogen-bond donors (Lipinski definition) is 1. The molecule has 4 nitrogen and oxygen atoms in total. The normalized spacial score (nSPS) is 18.1. The van der Waals surface area contributed by atoms with Crippen molar-refractivity contribution < 1.29 is 9.90 Å². The molecule has 0 bridgehead atoms. The van der Waals surface area contributed by atoms with E-state index >= 15 is 0 Å². The molecule has 2 rings (SSSR count). The molecule has 0 radical (unpaired) electrons. The van der Waals surface area contributed by atoms with Gasteiger partial charge in [-0.1, -0.05) is 12.1 Å². The molecule has 1 heterocycles. The van der Waals surface area contributed by atoms with Crippen molar-refractivity contribution in [1.29, 1.82) is 0 Å². The second-order valence-electron chi connectivity index (χ2n) is 7.56. The highest BCUT2D eigenvalue weighted by molar-refractivity contribution is 6.34. The lowest BCUT2D eigenvalue weighted by Crippen LogP contribution is -2.46. The van der Waals surface area contributed by atoms with E-state index < -0.39 is 0 Å². The first-order valence-corrected chi connectivity index (χ1v) is 7.44. The highest BCUT2D eigenvalue weighted by atomic mass is 16.3. The highest BCUT2D eigenvalue weighted by Crippen LogP contribution is 2.31. The van der Waals surface area contributed by atoms with Crippen molar-refractivity contribution in [2.45, 2.75) is 52.6 Å². The van der Waals surface area contributed by atoms with Crippen molar-refractivity contribution in [2.75, 3.05) is 0 Å². The van der Waals surface area contributed by atoms with Gasteiger partial charge in [0.2, 0.25) is 0 Å². The molecular formula is C18H24N2O2. The standard InChI is InChI=1S/C18H24N2O2/c1-17(2,3)19-15-11-14(12-8-7-9-13(21)10-12)16(22)20(15)18(4,5)6/h7-11,21H,1-6H3. The Hall–Kier alpha value is -2.10. The van der Waals surface area contributed by atoms with Crippen LogP contribution >= 0.6 is 0 Å². The maximum atomic E-state index is 12.9. The average Bonchev–Trinajstić information content (AvgIpc) is 2.63. The Morgan fingerprint density at radius 3 is 2.23 bits per heavy atom. The number of phenols is 1. The summed E-state index contributed by atoms with van der Waals surface area (Å²) in [5.74, 6) is 0.735. The number of aliphatic imine (C=N–C) groups is 1. The molecule has 0 aromatic heterocycles. The maximum absolute atomic E-state index is 12.9. The van der Waals surface area contributed by atoms with Crippen LogP contribution in [0.3, 0.4) is 0 Å². The molecule has 0 saturated heterocycles. The fourth-order valence-electron chi connectivity index (χ4n) is 2.43. The Morgan fingerprint density at radius 1 is 1.09 bits per heavy atom. The van der Waals surface area contributed by atoms with Crippen molar-refractivity contribution in [2.24, 2.45) is 4.99 Å². The lowest BCUT2D eigenvalue weighted by Gasteiger charge is -2.33. The lowest BCUT2D eigenvalue weighted by molar-refractivity contribution is -0.123. The van der Waals surface area contributed by atoms with Crippen LogP contribution in [0.15, 0.2) is 35.3 Å². The molecule has 1 aliphatic rings. The third-order valence-electron chi connectivity index (χ3n) is 3.21. The van der Waals surface area contributed by atoms with Crippen molar-refractivity contribution in [1.82, 2.24) is 4.90 Å². The molecule has 4 heteroatoms. The van der Waals surface area contributed by atoms with E-state index in [-0.39, 0.29) is 22.7 Å². The van der Waals surface area contributed by atoms with Crippen LogP contribution in [-0.2, 0) is 4.79 Å². The van der Waals surface area contributed by atoms with Crippen LogP contribution in [-0.4, -0.2) is 32.8 Å². The van der Waals surface area contributed by atoms with Gasteiger partial charge in [-0.2, -0.15) is 0 Å². The molecule has 22 heavy (non-hydrogen) atoms. The van der Waals surface area contributed by atoms with E-state index in [0.717, 1.165) is 0 Å².